The highest BCUT2D eigenvalue weighted by atomic mass is 16.5. The molecule has 0 unspecified atom stereocenters. The first kappa shape index (κ1) is 20.1. The van der Waals surface area contributed by atoms with E-state index < -0.39 is 6.10 Å². The summed E-state index contributed by atoms with van der Waals surface area (Å²) in [5.74, 6) is 0.770. The van der Waals surface area contributed by atoms with Crippen LogP contribution >= 0.6 is 0 Å². The molecular formula is C25H29NO2. The molecule has 28 heavy (non-hydrogen) atoms. The Labute approximate surface area is 168 Å². The second kappa shape index (κ2) is 10.6. The van der Waals surface area contributed by atoms with E-state index in [1.165, 1.54) is 11.1 Å². The van der Waals surface area contributed by atoms with Crippen LogP contribution in [0.15, 0.2) is 84.9 Å². The van der Waals surface area contributed by atoms with Gasteiger partial charge >= 0.3 is 0 Å². The van der Waals surface area contributed by atoms with Crippen LogP contribution < -0.4 is 10.1 Å². The predicted octanol–water partition coefficient (Wildman–Crippen LogP) is 5.22. The van der Waals surface area contributed by atoms with E-state index in [2.05, 4.69) is 48.6 Å². The number of ether oxygens (including phenoxy) is 1. The summed E-state index contributed by atoms with van der Waals surface area (Å²) in [7, 11) is 0. The SMILES string of the molecule is CCC[C@@H](NC[C@H](O)COc1ccc(-c2ccccc2)cc1)c1ccccc1. The summed E-state index contributed by atoms with van der Waals surface area (Å²) in [6.45, 7) is 2.95. The fraction of sp³-hybridized carbons (Fsp3) is 0.280. The zero-order valence-electron chi connectivity index (χ0n) is 16.4. The van der Waals surface area contributed by atoms with Crippen molar-refractivity contribution in [2.24, 2.45) is 0 Å². The maximum Gasteiger partial charge on any atom is 0.119 e. The first-order valence-corrected chi connectivity index (χ1v) is 10.0. The maximum absolute atomic E-state index is 10.3. The smallest absolute Gasteiger partial charge is 0.119 e. The first-order valence-electron chi connectivity index (χ1n) is 10.0. The zero-order valence-corrected chi connectivity index (χ0v) is 16.4. The molecule has 0 heterocycles. The lowest BCUT2D eigenvalue weighted by Gasteiger charge is -2.21. The van der Waals surface area contributed by atoms with Crippen molar-refractivity contribution < 1.29 is 9.84 Å². The number of rotatable bonds is 10. The van der Waals surface area contributed by atoms with Gasteiger partial charge in [-0.3, -0.25) is 0 Å². The summed E-state index contributed by atoms with van der Waals surface area (Å²) in [6, 6.07) is 28.9. The molecule has 2 N–H and O–H groups in total. The van der Waals surface area contributed by atoms with Crippen molar-refractivity contribution in [3.05, 3.63) is 90.5 Å². The number of aliphatic hydroxyl groups is 1. The van der Waals surface area contributed by atoms with E-state index in [1.54, 1.807) is 0 Å². The van der Waals surface area contributed by atoms with Crippen LogP contribution in [0.2, 0.25) is 0 Å². The molecule has 0 aliphatic rings. The van der Waals surface area contributed by atoms with Crippen LogP contribution in [0.1, 0.15) is 31.4 Å². The average Bonchev–Trinajstić information content (AvgIpc) is 2.77. The van der Waals surface area contributed by atoms with E-state index in [4.69, 9.17) is 4.74 Å². The van der Waals surface area contributed by atoms with E-state index in [0.717, 1.165) is 24.2 Å². The lowest BCUT2D eigenvalue weighted by Crippen LogP contribution is -2.34. The van der Waals surface area contributed by atoms with Gasteiger partial charge in [-0.05, 0) is 35.2 Å². The maximum atomic E-state index is 10.3. The van der Waals surface area contributed by atoms with Gasteiger partial charge < -0.3 is 15.2 Å². The highest BCUT2D eigenvalue weighted by molar-refractivity contribution is 5.63. The van der Waals surface area contributed by atoms with E-state index in [9.17, 15) is 5.11 Å². The van der Waals surface area contributed by atoms with Gasteiger partial charge in [-0.15, -0.1) is 0 Å². The van der Waals surface area contributed by atoms with Gasteiger partial charge in [0.15, 0.2) is 0 Å². The van der Waals surface area contributed by atoms with E-state index in [1.807, 2.05) is 48.5 Å². The third kappa shape index (κ3) is 5.95. The Balaban J connectivity index is 1.48. The monoisotopic (exact) mass is 375 g/mol. The Hall–Kier alpha value is -2.62. The van der Waals surface area contributed by atoms with Crippen molar-refractivity contribution in [1.82, 2.24) is 5.32 Å². The van der Waals surface area contributed by atoms with Crippen LogP contribution in [0.25, 0.3) is 11.1 Å². The molecule has 3 aromatic carbocycles. The third-order valence-electron chi connectivity index (χ3n) is 4.78. The number of benzene rings is 3. The summed E-state index contributed by atoms with van der Waals surface area (Å²) in [5, 5.41) is 13.8. The molecule has 0 aliphatic carbocycles. The molecular weight excluding hydrogens is 346 g/mol. The van der Waals surface area contributed by atoms with Gasteiger partial charge in [0.2, 0.25) is 0 Å². The molecule has 0 bridgehead atoms. The Morgan fingerprint density at radius 3 is 2.07 bits per heavy atom. The van der Waals surface area contributed by atoms with Gasteiger partial charge in [0.05, 0.1) is 0 Å². The summed E-state index contributed by atoms with van der Waals surface area (Å²) in [5.41, 5.74) is 3.59. The molecule has 0 aliphatic heterocycles. The van der Waals surface area contributed by atoms with Gasteiger partial charge in [-0.25, -0.2) is 0 Å². The molecule has 3 aromatic rings. The van der Waals surface area contributed by atoms with Crippen LogP contribution in [0.5, 0.6) is 5.75 Å². The largest absolute Gasteiger partial charge is 0.491 e. The second-order valence-corrected chi connectivity index (χ2v) is 7.02. The number of nitrogens with one attached hydrogen (secondary N) is 1. The molecule has 146 valence electrons. The van der Waals surface area contributed by atoms with E-state index >= 15 is 0 Å². The number of aliphatic hydroxyl groups excluding tert-OH is 1. The van der Waals surface area contributed by atoms with Crippen LogP contribution in [-0.4, -0.2) is 24.4 Å². The van der Waals surface area contributed by atoms with Gasteiger partial charge in [0, 0.05) is 12.6 Å². The van der Waals surface area contributed by atoms with Crippen LogP contribution in [0.4, 0.5) is 0 Å². The highest BCUT2D eigenvalue weighted by Crippen LogP contribution is 2.22. The lowest BCUT2D eigenvalue weighted by molar-refractivity contribution is 0.103. The summed E-state index contributed by atoms with van der Waals surface area (Å²) >= 11 is 0. The highest BCUT2D eigenvalue weighted by Gasteiger charge is 2.12. The Morgan fingerprint density at radius 2 is 1.43 bits per heavy atom. The summed E-state index contributed by atoms with van der Waals surface area (Å²) < 4.78 is 5.77. The zero-order chi connectivity index (χ0) is 19.6. The number of hydrogen-bond donors (Lipinski definition) is 2. The van der Waals surface area contributed by atoms with Crippen LogP contribution in [0, 0.1) is 0 Å². The Bertz CT molecular complexity index is 803. The lowest BCUT2D eigenvalue weighted by atomic mass is 10.0. The molecule has 0 aromatic heterocycles. The topological polar surface area (TPSA) is 41.5 Å². The molecule has 0 spiro atoms. The normalized spacial score (nSPS) is 13.1. The molecule has 0 saturated carbocycles. The van der Waals surface area contributed by atoms with E-state index in [0.29, 0.717) is 6.54 Å². The van der Waals surface area contributed by atoms with E-state index in [-0.39, 0.29) is 12.6 Å². The summed E-state index contributed by atoms with van der Waals surface area (Å²) in [4.78, 5) is 0. The van der Waals surface area contributed by atoms with Crippen LogP contribution in [-0.2, 0) is 0 Å². The minimum absolute atomic E-state index is 0.256. The van der Waals surface area contributed by atoms with Gasteiger partial charge in [-0.1, -0.05) is 86.1 Å². The molecule has 0 fully saturated rings. The van der Waals surface area contributed by atoms with Crippen molar-refractivity contribution in [2.75, 3.05) is 13.2 Å². The molecule has 3 nitrogen and oxygen atoms in total. The molecule has 2 atom stereocenters. The fourth-order valence-electron chi connectivity index (χ4n) is 3.26. The molecule has 3 rings (SSSR count). The van der Waals surface area contributed by atoms with Gasteiger partial charge in [0.25, 0.3) is 0 Å². The fourth-order valence-corrected chi connectivity index (χ4v) is 3.26. The molecule has 0 radical (unpaired) electrons. The predicted molar refractivity (Wildman–Crippen MR) is 115 cm³/mol. The molecule has 0 saturated heterocycles. The van der Waals surface area contributed by atoms with Crippen molar-refractivity contribution in [2.45, 2.75) is 31.9 Å². The molecule has 3 heteroatoms. The second-order valence-electron chi connectivity index (χ2n) is 7.02. The van der Waals surface area contributed by atoms with Crippen molar-refractivity contribution >= 4 is 0 Å². The standard InChI is InChI=1S/C25H29NO2/c1-2-9-25(22-12-7-4-8-13-22)26-18-23(27)19-28-24-16-14-21(15-17-24)20-10-5-3-6-11-20/h3-8,10-17,23,25-27H,2,9,18-19H2,1H3/t23-,25+/m0/s1. The van der Waals surface area contributed by atoms with Gasteiger partial charge in [0.1, 0.15) is 18.5 Å². The van der Waals surface area contributed by atoms with Crippen molar-refractivity contribution in [1.29, 1.82) is 0 Å². The minimum Gasteiger partial charge on any atom is -0.491 e. The van der Waals surface area contributed by atoms with Crippen LogP contribution in [0.3, 0.4) is 0 Å². The average molecular weight is 376 g/mol. The van der Waals surface area contributed by atoms with Gasteiger partial charge in [-0.2, -0.15) is 0 Å². The number of hydrogen-bond acceptors (Lipinski definition) is 3. The van der Waals surface area contributed by atoms with Crippen molar-refractivity contribution in [3.8, 4) is 16.9 Å². The molecule has 0 amide bonds. The quantitative estimate of drug-likeness (QED) is 0.510. The third-order valence-corrected chi connectivity index (χ3v) is 4.78. The first-order chi connectivity index (χ1) is 13.8. The Morgan fingerprint density at radius 1 is 0.821 bits per heavy atom. The Kier molecular flexibility index (Phi) is 7.65. The minimum atomic E-state index is -0.558. The summed E-state index contributed by atoms with van der Waals surface area (Å²) in [6.07, 6.45) is 1.57. The van der Waals surface area contributed by atoms with Crippen molar-refractivity contribution in [3.63, 3.8) is 0 Å².